The molecule has 0 fully saturated rings. The number of halogens is 4. The lowest BCUT2D eigenvalue weighted by Crippen LogP contribution is -2.22. The maximum absolute atomic E-state index is 13.0. The summed E-state index contributed by atoms with van der Waals surface area (Å²) < 4.78 is 50.7. The number of alkyl halides is 3. The van der Waals surface area contributed by atoms with Gasteiger partial charge in [0.25, 0.3) is 5.91 Å². The van der Waals surface area contributed by atoms with Crippen molar-refractivity contribution in [2.24, 2.45) is 0 Å². The largest absolute Gasteiger partial charge is 0.573 e. The summed E-state index contributed by atoms with van der Waals surface area (Å²) in [6, 6.07) is 19.4. The van der Waals surface area contributed by atoms with Crippen molar-refractivity contribution in [2.75, 3.05) is 5.32 Å². The van der Waals surface area contributed by atoms with Gasteiger partial charge in [0.15, 0.2) is 0 Å². The highest BCUT2D eigenvalue weighted by Crippen LogP contribution is 2.39. The number of amides is 1. The molecule has 1 N–H and O–H groups in total. The van der Waals surface area contributed by atoms with Crippen LogP contribution < -0.4 is 14.8 Å². The monoisotopic (exact) mass is 591 g/mol. The summed E-state index contributed by atoms with van der Waals surface area (Å²) in [5.74, 6) is -0.327. The number of anilines is 1. The first kappa shape index (κ1) is 27.0. The molecule has 0 aliphatic heterocycles. The van der Waals surface area contributed by atoms with Crippen LogP contribution in [0.4, 0.5) is 18.9 Å². The van der Waals surface area contributed by atoms with Gasteiger partial charge in [-0.2, -0.15) is 0 Å². The third-order valence-corrected chi connectivity index (χ3v) is 7.31. The molecule has 0 aliphatic rings. The molecule has 9 heteroatoms. The summed E-state index contributed by atoms with van der Waals surface area (Å²) in [5, 5.41) is 3.94. The molecule has 4 aromatic rings. The Hall–Kier alpha value is -3.04. The minimum Gasteiger partial charge on any atom is -0.491 e. The summed E-state index contributed by atoms with van der Waals surface area (Å²) >= 11 is 4.91. The number of carbonyl (C=O) groups is 1. The Bertz CT molecular complexity index is 1410. The summed E-state index contributed by atoms with van der Waals surface area (Å²) in [6.45, 7) is 7.36. The third-order valence-electron chi connectivity index (χ3n) is 5.73. The van der Waals surface area contributed by atoms with Crippen LogP contribution in [0.2, 0.25) is 0 Å². The molecule has 0 aliphatic carbocycles. The second-order valence-corrected chi connectivity index (χ2v) is 11.4. The van der Waals surface area contributed by atoms with Gasteiger partial charge in [-0.3, -0.25) is 4.79 Å². The average molecular weight is 592 g/mol. The molecule has 194 valence electrons. The minimum atomic E-state index is -4.84. The third kappa shape index (κ3) is 6.64. The Kier molecular flexibility index (Phi) is 7.57. The highest BCUT2D eigenvalue weighted by atomic mass is 79.9. The van der Waals surface area contributed by atoms with Crippen molar-refractivity contribution in [3.8, 4) is 11.5 Å². The van der Waals surface area contributed by atoms with E-state index in [1.807, 2.05) is 56.3 Å². The van der Waals surface area contributed by atoms with Crippen molar-refractivity contribution in [3.63, 3.8) is 0 Å². The van der Waals surface area contributed by atoms with Crippen LogP contribution in [0.15, 0.2) is 71.2 Å². The summed E-state index contributed by atoms with van der Waals surface area (Å²) in [5.41, 5.74) is 1.13. The van der Waals surface area contributed by atoms with E-state index in [-0.39, 0.29) is 23.5 Å². The Morgan fingerprint density at radius 3 is 2.30 bits per heavy atom. The second kappa shape index (κ2) is 10.4. The number of ether oxygens (including phenoxy) is 2. The van der Waals surface area contributed by atoms with Gasteiger partial charge in [0.1, 0.15) is 11.5 Å². The van der Waals surface area contributed by atoms with E-state index < -0.39 is 11.8 Å². The topological polar surface area (TPSA) is 47.6 Å². The predicted octanol–water partition coefficient (Wildman–Crippen LogP) is 8.93. The number of hydrogen-bond donors (Lipinski definition) is 1. The van der Waals surface area contributed by atoms with Crippen LogP contribution >= 0.6 is 27.3 Å². The normalized spacial score (nSPS) is 12.1. The minimum absolute atomic E-state index is 0.237. The lowest BCUT2D eigenvalue weighted by atomic mass is 9.78. The first-order chi connectivity index (χ1) is 17.3. The molecule has 0 saturated heterocycles. The van der Waals surface area contributed by atoms with Gasteiger partial charge < -0.3 is 14.8 Å². The lowest BCUT2D eigenvalue weighted by molar-refractivity contribution is -0.274. The Labute approximate surface area is 225 Å². The van der Waals surface area contributed by atoms with Crippen molar-refractivity contribution < 1.29 is 27.4 Å². The zero-order valence-corrected chi connectivity index (χ0v) is 23.0. The number of benzene rings is 3. The molecule has 4 rings (SSSR count). The smallest absolute Gasteiger partial charge is 0.491 e. The highest BCUT2D eigenvalue weighted by Gasteiger charge is 2.33. The standard InChI is InChI=1S/C28H25BrF3NO3S/c1-16(2)35-22-12-19(13-23(15-22)36-28(30,31)32)27(3,4)18-10-20(29)14-21(11-18)33-26(34)25-9-17-7-5-6-8-24(17)37-25/h5-16H,1-4H3,(H,33,34). The Morgan fingerprint density at radius 2 is 1.62 bits per heavy atom. The van der Waals surface area contributed by atoms with Crippen molar-refractivity contribution in [2.45, 2.75) is 45.6 Å². The molecule has 3 aromatic carbocycles. The average Bonchev–Trinajstić information content (AvgIpc) is 3.21. The van der Waals surface area contributed by atoms with Gasteiger partial charge in [0, 0.05) is 26.3 Å². The van der Waals surface area contributed by atoms with E-state index in [9.17, 15) is 18.0 Å². The van der Waals surface area contributed by atoms with Crippen LogP contribution in [0.25, 0.3) is 10.1 Å². The molecule has 0 unspecified atom stereocenters. The van der Waals surface area contributed by atoms with Crippen LogP contribution in [0.3, 0.4) is 0 Å². The van der Waals surface area contributed by atoms with E-state index in [1.54, 1.807) is 26.0 Å². The van der Waals surface area contributed by atoms with Crippen LogP contribution in [-0.4, -0.2) is 18.4 Å². The maximum atomic E-state index is 13.0. The van der Waals surface area contributed by atoms with Gasteiger partial charge in [-0.25, -0.2) is 0 Å². The van der Waals surface area contributed by atoms with Crippen LogP contribution in [0.5, 0.6) is 11.5 Å². The van der Waals surface area contributed by atoms with Crippen molar-refractivity contribution in [3.05, 3.63) is 87.2 Å². The van der Waals surface area contributed by atoms with Gasteiger partial charge >= 0.3 is 6.36 Å². The Balaban J connectivity index is 1.68. The van der Waals surface area contributed by atoms with E-state index in [1.165, 1.54) is 23.5 Å². The van der Waals surface area contributed by atoms with E-state index in [0.717, 1.165) is 15.6 Å². The quantitative estimate of drug-likeness (QED) is 0.233. The first-order valence-electron chi connectivity index (χ1n) is 11.5. The molecular formula is C28H25BrF3NO3S. The SMILES string of the molecule is CC(C)Oc1cc(OC(F)(F)F)cc(C(C)(C)c2cc(Br)cc(NC(=O)c3cc4ccccc4s3)c2)c1. The van der Waals surface area contributed by atoms with Crippen molar-refractivity contribution in [1.29, 1.82) is 0 Å². The fourth-order valence-corrected chi connectivity index (χ4v) is 5.39. The van der Waals surface area contributed by atoms with E-state index in [0.29, 0.717) is 20.6 Å². The number of hydrogen-bond acceptors (Lipinski definition) is 4. The summed E-state index contributed by atoms with van der Waals surface area (Å²) in [6.07, 6.45) is -5.07. The van der Waals surface area contributed by atoms with Crippen LogP contribution in [-0.2, 0) is 5.41 Å². The lowest BCUT2D eigenvalue weighted by Gasteiger charge is -2.28. The molecule has 1 aromatic heterocycles. The van der Waals surface area contributed by atoms with Gasteiger partial charge in [-0.1, -0.05) is 48.0 Å². The molecule has 0 saturated carbocycles. The first-order valence-corrected chi connectivity index (χ1v) is 13.1. The van der Waals surface area contributed by atoms with E-state index in [4.69, 9.17) is 4.74 Å². The van der Waals surface area contributed by atoms with Gasteiger partial charge in [0.2, 0.25) is 0 Å². The fourth-order valence-electron chi connectivity index (χ4n) is 3.94. The van der Waals surface area contributed by atoms with E-state index in [2.05, 4.69) is 26.0 Å². The molecule has 0 atom stereocenters. The fraction of sp³-hybridized carbons (Fsp3) is 0.250. The molecule has 1 heterocycles. The highest BCUT2D eigenvalue weighted by molar-refractivity contribution is 9.10. The number of carbonyl (C=O) groups excluding carboxylic acids is 1. The van der Waals surface area contributed by atoms with Gasteiger partial charge in [-0.05, 0) is 72.8 Å². The van der Waals surface area contributed by atoms with Crippen LogP contribution in [0.1, 0.15) is 48.5 Å². The van der Waals surface area contributed by atoms with Crippen molar-refractivity contribution in [1.82, 2.24) is 0 Å². The molecule has 0 radical (unpaired) electrons. The van der Waals surface area contributed by atoms with Gasteiger partial charge in [-0.15, -0.1) is 24.5 Å². The number of nitrogens with one attached hydrogen (secondary N) is 1. The molecule has 1 amide bonds. The number of fused-ring (bicyclic) bond motifs is 1. The molecule has 37 heavy (non-hydrogen) atoms. The summed E-state index contributed by atoms with van der Waals surface area (Å²) in [4.78, 5) is 13.6. The van der Waals surface area contributed by atoms with Gasteiger partial charge in [0.05, 0.1) is 11.0 Å². The Morgan fingerprint density at radius 1 is 0.946 bits per heavy atom. The van der Waals surface area contributed by atoms with Crippen molar-refractivity contribution >= 4 is 48.9 Å². The number of rotatable bonds is 7. The predicted molar refractivity (Wildman–Crippen MR) is 145 cm³/mol. The maximum Gasteiger partial charge on any atom is 0.573 e. The molecule has 0 bridgehead atoms. The molecule has 0 spiro atoms. The molecular weight excluding hydrogens is 567 g/mol. The summed E-state index contributed by atoms with van der Waals surface area (Å²) in [7, 11) is 0. The second-order valence-electron chi connectivity index (χ2n) is 9.36. The van der Waals surface area contributed by atoms with E-state index >= 15 is 0 Å². The molecule has 4 nitrogen and oxygen atoms in total. The number of thiophene rings is 1. The zero-order valence-electron chi connectivity index (χ0n) is 20.6. The van der Waals surface area contributed by atoms with Crippen LogP contribution in [0, 0.1) is 0 Å². The zero-order chi connectivity index (χ0) is 27.0.